The van der Waals surface area contributed by atoms with Crippen LogP contribution in [0, 0.1) is 5.41 Å². The number of hydrogen-bond acceptors (Lipinski definition) is 4. The Morgan fingerprint density at radius 2 is 2.58 bits per heavy atom. The number of rotatable bonds is 3. The Bertz CT molecular complexity index is 269. The van der Waals surface area contributed by atoms with Gasteiger partial charge in [0.15, 0.2) is 5.17 Å². The second-order valence-corrected chi connectivity index (χ2v) is 3.16. The van der Waals surface area contributed by atoms with Crippen LogP contribution in [0.1, 0.15) is 12.7 Å². The second-order valence-electron chi connectivity index (χ2n) is 2.14. The normalized spacial score (nSPS) is 10.1. The lowest BCUT2D eigenvalue weighted by molar-refractivity contribution is 0.633. The van der Waals surface area contributed by atoms with Gasteiger partial charge < -0.3 is 5.73 Å². The van der Waals surface area contributed by atoms with Gasteiger partial charge in [-0.05, 0) is 6.92 Å². The molecule has 5 nitrogen and oxygen atoms in total. The van der Waals surface area contributed by atoms with Crippen molar-refractivity contribution >= 4 is 16.9 Å². The van der Waals surface area contributed by atoms with Gasteiger partial charge in [-0.15, -0.1) is 0 Å². The van der Waals surface area contributed by atoms with Crippen LogP contribution in [-0.4, -0.2) is 19.9 Å². The first kappa shape index (κ1) is 9.05. The van der Waals surface area contributed by atoms with E-state index in [4.69, 9.17) is 11.1 Å². The van der Waals surface area contributed by atoms with Crippen molar-refractivity contribution in [3.05, 3.63) is 12.2 Å². The van der Waals surface area contributed by atoms with Crippen LogP contribution in [0.3, 0.4) is 0 Å². The van der Waals surface area contributed by atoms with Crippen LogP contribution < -0.4 is 5.73 Å². The third-order valence-corrected chi connectivity index (χ3v) is 2.07. The molecule has 66 valence electrons. The van der Waals surface area contributed by atoms with Gasteiger partial charge in [-0.2, -0.15) is 5.10 Å². The van der Waals surface area contributed by atoms with Crippen molar-refractivity contribution in [1.29, 1.82) is 5.41 Å². The van der Waals surface area contributed by atoms with E-state index in [2.05, 4.69) is 10.1 Å². The van der Waals surface area contributed by atoms with Crippen molar-refractivity contribution < 1.29 is 0 Å². The van der Waals surface area contributed by atoms with E-state index in [1.54, 1.807) is 4.68 Å². The molecule has 3 N–H and O–H groups in total. The number of aryl methyl sites for hydroxylation is 1. The molecule has 6 heteroatoms. The zero-order valence-electron chi connectivity index (χ0n) is 6.82. The highest BCUT2D eigenvalue weighted by molar-refractivity contribution is 8.12. The zero-order chi connectivity index (χ0) is 8.97. The smallest absolute Gasteiger partial charge is 0.151 e. The number of thioether (sulfide) groups is 1. The molecule has 0 aromatic carbocycles. The Hall–Kier alpha value is -1.04. The monoisotopic (exact) mass is 185 g/mol. The minimum Gasteiger partial charge on any atom is -0.379 e. The summed E-state index contributed by atoms with van der Waals surface area (Å²) in [7, 11) is 0. The largest absolute Gasteiger partial charge is 0.379 e. The second kappa shape index (κ2) is 4.10. The van der Waals surface area contributed by atoms with Gasteiger partial charge in [0.25, 0.3) is 0 Å². The summed E-state index contributed by atoms with van der Waals surface area (Å²) in [6.07, 6.45) is 1.51. The number of nitrogens with one attached hydrogen (secondary N) is 1. The molecule has 0 aliphatic heterocycles. The molecule has 1 heterocycles. The number of amidine groups is 1. The van der Waals surface area contributed by atoms with E-state index >= 15 is 0 Å². The van der Waals surface area contributed by atoms with E-state index in [0.29, 0.717) is 5.75 Å². The Balaban J connectivity index is 2.56. The minimum absolute atomic E-state index is 0.112. The lowest BCUT2D eigenvalue weighted by Gasteiger charge is -2.00. The maximum Gasteiger partial charge on any atom is 0.151 e. The van der Waals surface area contributed by atoms with Crippen molar-refractivity contribution in [2.45, 2.75) is 19.2 Å². The molecular weight excluding hydrogens is 174 g/mol. The predicted octanol–water partition coefficient (Wildman–Crippen LogP) is 0.425. The molecule has 0 aliphatic rings. The fourth-order valence-corrected chi connectivity index (χ4v) is 1.31. The summed E-state index contributed by atoms with van der Waals surface area (Å²) in [5.74, 6) is 1.47. The maximum atomic E-state index is 7.01. The highest BCUT2D eigenvalue weighted by Gasteiger charge is 2.02. The molecule has 12 heavy (non-hydrogen) atoms. The van der Waals surface area contributed by atoms with Crippen LogP contribution in [0.15, 0.2) is 6.33 Å². The van der Waals surface area contributed by atoms with Gasteiger partial charge in [0.05, 0.1) is 5.75 Å². The van der Waals surface area contributed by atoms with Gasteiger partial charge in [0, 0.05) is 6.54 Å². The Morgan fingerprint density at radius 3 is 3.17 bits per heavy atom. The fourth-order valence-electron chi connectivity index (χ4n) is 0.806. The average molecular weight is 185 g/mol. The van der Waals surface area contributed by atoms with Crippen LogP contribution in [0.2, 0.25) is 0 Å². The summed E-state index contributed by atoms with van der Waals surface area (Å²) in [6.45, 7) is 2.80. The summed E-state index contributed by atoms with van der Waals surface area (Å²) in [5, 5.41) is 11.1. The summed E-state index contributed by atoms with van der Waals surface area (Å²) in [5.41, 5.74) is 5.19. The van der Waals surface area contributed by atoms with E-state index in [9.17, 15) is 0 Å². The van der Waals surface area contributed by atoms with Gasteiger partial charge >= 0.3 is 0 Å². The van der Waals surface area contributed by atoms with Crippen molar-refractivity contribution in [3.63, 3.8) is 0 Å². The number of aromatic nitrogens is 3. The van der Waals surface area contributed by atoms with Crippen LogP contribution in [0.4, 0.5) is 0 Å². The van der Waals surface area contributed by atoms with E-state index in [1.165, 1.54) is 18.1 Å². The van der Waals surface area contributed by atoms with Crippen molar-refractivity contribution in [3.8, 4) is 0 Å². The quantitative estimate of drug-likeness (QED) is 0.528. The molecule has 0 fully saturated rings. The molecule has 0 unspecified atom stereocenters. The number of hydrogen-bond donors (Lipinski definition) is 2. The maximum absolute atomic E-state index is 7.01. The van der Waals surface area contributed by atoms with Crippen molar-refractivity contribution in [2.75, 3.05) is 0 Å². The first-order valence-corrected chi connectivity index (χ1v) is 4.56. The molecular formula is C6H11N5S. The third kappa shape index (κ3) is 2.23. The van der Waals surface area contributed by atoms with Crippen LogP contribution in [-0.2, 0) is 12.3 Å². The fraction of sp³-hybridized carbons (Fsp3) is 0.500. The molecule has 0 saturated heterocycles. The Labute approximate surface area is 74.9 Å². The van der Waals surface area contributed by atoms with Gasteiger partial charge in [0.2, 0.25) is 0 Å². The first-order valence-electron chi connectivity index (χ1n) is 3.57. The standard InChI is InChI=1S/C6H11N5S/c1-2-11-5(9-4-10-11)3-12-6(7)8/h4H,2-3H2,1H3,(H3,7,8). The zero-order valence-corrected chi connectivity index (χ0v) is 7.64. The van der Waals surface area contributed by atoms with Crippen LogP contribution in [0.25, 0.3) is 0 Å². The van der Waals surface area contributed by atoms with Gasteiger partial charge in [0.1, 0.15) is 12.2 Å². The van der Waals surface area contributed by atoms with Crippen LogP contribution in [0.5, 0.6) is 0 Å². The summed E-state index contributed by atoms with van der Waals surface area (Å²) >= 11 is 1.26. The molecule has 0 amide bonds. The van der Waals surface area contributed by atoms with E-state index < -0.39 is 0 Å². The molecule has 1 aromatic rings. The van der Waals surface area contributed by atoms with Gasteiger partial charge in [-0.1, -0.05) is 11.8 Å². The van der Waals surface area contributed by atoms with E-state index in [-0.39, 0.29) is 5.17 Å². The Kier molecular flexibility index (Phi) is 3.09. The molecule has 1 aromatic heterocycles. The third-order valence-electron chi connectivity index (χ3n) is 1.35. The molecule has 0 saturated carbocycles. The predicted molar refractivity (Wildman–Crippen MR) is 48.9 cm³/mol. The van der Waals surface area contributed by atoms with Crippen molar-refractivity contribution in [1.82, 2.24) is 14.8 Å². The van der Waals surface area contributed by atoms with Gasteiger partial charge in [-0.3, -0.25) is 5.41 Å². The van der Waals surface area contributed by atoms with Crippen molar-refractivity contribution in [2.24, 2.45) is 5.73 Å². The van der Waals surface area contributed by atoms with E-state index in [1.807, 2.05) is 6.92 Å². The highest BCUT2D eigenvalue weighted by Crippen LogP contribution is 2.07. The highest BCUT2D eigenvalue weighted by atomic mass is 32.2. The SMILES string of the molecule is CCn1ncnc1CSC(=N)N. The molecule has 0 radical (unpaired) electrons. The lowest BCUT2D eigenvalue weighted by Crippen LogP contribution is -2.07. The molecule has 0 spiro atoms. The number of nitrogens with two attached hydrogens (primary N) is 1. The van der Waals surface area contributed by atoms with Crippen LogP contribution >= 0.6 is 11.8 Å². The lowest BCUT2D eigenvalue weighted by atomic mass is 10.6. The molecule has 0 aliphatic carbocycles. The summed E-state index contributed by atoms with van der Waals surface area (Å²) in [4.78, 5) is 4.04. The molecule has 1 rings (SSSR count). The summed E-state index contributed by atoms with van der Waals surface area (Å²) in [6, 6.07) is 0. The molecule has 0 bridgehead atoms. The first-order chi connectivity index (χ1) is 5.74. The topological polar surface area (TPSA) is 80.6 Å². The minimum atomic E-state index is 0.112. The van der Waals surface area contributed by atoms with Gasteiger partial charge in [-0.25, -0.2) is 9.67 Å². The Morgan fingerprint density at radius 1 is 1.83 bits per heavy atom. The average Bonchev–Trinajstić information content (AvgIpc) is 2.47. The van der Waals surface area contributed by atoms with E-state index in [0.717, 1.165) is 12.4 Å². The summed E-state index contributed by atoms with van der Waals surface area (Å²) < 4.78 is 1.79. The number of nitrogens with zero attached hydrogens (tertiary/aromatic N) is 3. The molecule has 0 atom stereocenters.